The van der Waals surface area contributed by atoms with Gasteiger partial charge in [-0.15, -0.1) is 0 Å². The number of likely N-dealkylation sites (N-methyl/N-ethyl adjacent to an activating group) is 1. The number of carbonyl (C=O) groups is 1. The largest absolute Gasteiger partial charge is 0.464 e. The number of aromatic nitrogens is 1. The molecule has 18 heavy (non-hydrogen) atoms. The number of carbonyl (C=O) groups excluding carboxylic acids is 1. The number of hydrogen-bond acceptors (Lipinski definition) is 4. The lowest BCUT2D eigenvalue weighted by atomic mass is 10.1. The molecule has 0 aromatic carbocycles. The van der Waals surface area contributed by atoms with Crippen LogP contribution in [0.5, 0.6) is 0 Å². The molecule has 1 amide bonds. The van der Waals surface area contributed by atoms with Gasteiger partial charge >= 0.3 is 0 Å². The lowest BCUT2D eigenvalue weighted by Gasteiger charge is -2.30. The minimum absolute atomic E-state index is 0.211. The number of furan rings is 1. The predicted molar refractivity (Wildman–Crippen MR) is 68.3 cm³/mol. The Kier molecular flexibility index (Phi) is 2.66. The highest BCUT2D eigenvalue weighted by atomic mass is 16.3. The number of anilines is 1. The topological polar surface area (TPSA) is 58.4 Å². The molecule has 1 fully saturated rings. The summed E-state index contributed by atoms with van der Waals surface area (Å²) in [5.41, 5.74) is 0.827. The van der Waals surface area contributed by atoms with Crippen molar-refractivity contribution in [3.05, 3.63) is 24.6 Å². The summed E-state index contributed by atoms with van der Waals surface area (Å²) in [5.74, 6) is 1.04. The van der Waals surface area contributed by atoms with E-state index in [4.69, 9.17) is 4.42 Å². The quantitative estimate of drug-likeness (QED) is 0.877. The van der Waals surface area contributed by atoms with Crippen molar-refractivity contribution in [2.45, 2.75) is 18.9 Å². The van der Waals surface area contributed by atoms with E-state index in [-0.39, 0.29) is 11.9 Å². The number of nitrogens with one attached hydrogen (secondary N) is 1. The van der Waals surface area contributed by atoms with Gasteiger partial charge in [0, 0.05) is 32.3 Å². The molecule has 1 aliphatic heterocycles. The molecule has 0 radical (unpaired) electrons. The fraction of sp³-hybridized carbons (Fsp3) is 0.385. The van der Waals surface area contributed by atoms with Crippen LogP contribution in [0.25, 0.3) is 11.0 Å². The van der Waals surface area contributed by atoms with Gasteiger partial charge in [-0.05, 0) is 18.6 Å². The molecule has 1 N–H and O–H groups in total. The van der Waals surface area contributed by atoms with Crippen LogP contribution in [0.15, 0.2) is 29.0 Å². The van der Waals surface area contributed by atoms with E-state index in [0.717, 1.165) is 29.8 Å². The van der Waals surface area contributed by atoms with Crippen LogP contribution in [-0.2, 0) is 4.79 Å². The summed E-state index contributed by atoms with van der Waals surface area (Å²) in [5, 5.41) is 4.38. The molecule has 5 heteroatoms. The first-order chi connectivity index (χ1) is 8.74. The molecule has 1 atom stereocenters. The molecule has 0 spiro atoms. The van der Waals surface area contributed by atoms with Crippen molar-refractivity contribution in [1.82, 2.24) is 9.88 Å². The molecule has 0 bridgehead atoms. The van der Waals surface area contributed by atoms with Crippen LogP contribution in [0.1, 0.15) is 12.8 Å². The van der Waals surface area contributed by atoms with Crippen molar-refractivity contribution in [2.75, 3.05) is 18.9 Å². The average Bonchev–Trinajstić information content (AvgIpc) is 2.83. The molecule has 0 saturated carbocycles. The summed E-state index contributed by atoms with van der Waals surface area (Å²) in [7, 11) is 1.84. The zero-order valence-electron chi connectivity index (χ0n) is 10.2. The summed E-state index contributed by atoms with van der Waals surface area (Å²) in [6, 6.07) is 4.00. The van der Waals surface area contributed by atoms with Gasteiger partial charge in [0.2, 0.25) is 5.91 Å². The second kappa shape index (κ2) is 4.33. The van der Waals surface area contributed by atoms with Gasteiger partial charge in [-0.1, -0.05) is 0 Å². The van der Waals surface area contributed by atoms with E-state index in [2.05, 4.69) is 10.3 Å². The van der Waals surface area contributed by atoms with Crippen molar-refractivity contribution in [1.29, 1.82) is 0 Å². The first-order valence-electron chi connectivity index (χ1n) is 6.07. The third-order valence-corrected chi connectivity index (χ3v) is 3.35. The fourth-order valence-electron chi connectivity index (χ4n) is 2.33. The smallest absolute Gasteiger partial charge is 0.222 e. The molecule has 1 saturated heterocycles. The number of nitrogens with zero attached hydrogens (tertiary/aromatic N) is 2. The summed E-state index contributed by atoms with van der Waals surface area (Å²) in [4.78, 5) is 17.5. The van der Waals surface area contributed by atoms with Gasteiger partial charge in [-0.2, -0.15) is 0 Å². The summed E-state index contributed by atoms with van der Waals surface area (Å²) >= 11 is 0. The average molecular weight is 245 g/mol. The Balaban J connectivity index is 1.80. The zero-order valence-corrected chi connectivity index (χ0v) is 10.2. The molecular formula is C13H15N3O2. The van der Waals surface area contributed by atoms with E-state index in [0.29, 0.717) is 6.42 Å². The molecule has 94 valence electrons. The van der Waals surface area contributed by atoms with Crippen molar-refractivity contribution < 1.29 is 9.21 Å². The van der Waals surface area contributed by atoms with Crippen molar-refractivity contribution in [2.24, 2.45) is 0 Å². The maximum absolute atomic E-state index is 11.4. The highest BCUT2D eigenvalue weighted by Gasteiger charge is 2.23. The Labute approximate surface area is 105 Å². The molecule has 2 aromatic heterocycles. The Hall–Kier alpha value is -2.04. The summed E-state index contributed by atoms with van der Waals surface area (Å²) in [6.45, 7) is 0.717. The number of amides is 1. The molecule has 3 rings (SSSR count). The first-order valence-corrected chi connectivity index (χ1v) is 6.07. The van der Waals surface area contributed by atoms with E-state index >= 15 is 0 Å². The summed E-state index contributed by atoms with van der Waals surface area (Å²) < 4.78 is 5.34. The van der Waals surface area contributed by atoms with Crippen molar-refractivity contribution >= 4 is 22.7 Å². The minimum atomic E-state index is 0.211. The molecule has 1 aliphatic rings. The Bertz CT molecular complexity index is 578. The van der Waals surface area contributed by atoms with Crippen molar-refractivity contribution in [3.63, 3.8) is 0 Å². The maximum atomic E-state index is 11.4. The third-order valence-electron chi connectivity index (χ3n) is 3.35. The van der Waals surface area contributed by atoms with Crippen LogP contribution in [0.2, 0.25) is 0 Å². The highest BCUT2D eigenvalue weighted by molar-refractivity contribution is 5.88. The maximum Gasteiger partial charge on any atom is 0.222 e. The third kappa shape index (κ3) is 1.92. The molecular weight excluding hydrogens is 230 g/mol. The van der Waals surface area contributed by atoms with Gasteiger partial charge in [0.1, 0.15) is 11.4 Å². The Morgan fingerprint density at radius 2 is 2.39 bits per heavy atom. The highest BCUT2D eigenvalue weighted by Crippen LogP contribution is 2.23. The molecule has 0 aliphatic carbocycles. The van der Waals surface area contributed by atoms with Crippen LogP contribution >= 0.6 is 0 Å². The van der Waals surface area contributed by atoms with Crippen LogP contribution in [-0.4, -0.2) is 35.4 Å². The van der Waals surface area contributed by atoms with E-state index < -0.39 is 0 Å². The van der Waals surface area contributed by atoms with Gasteiger partial charge in [-0.3, -0.25) is 4.79 Å². The monoisotopic (exact) mass is 245 g/mol. The van der Waals surface area contributed by atoms with E-state index in [1.807, 2.05) is 19.2 Å². The summed E-state index contributed by atoms with van der Waals surface area (Å²) in [6.07, 6.45) is 4.83. The fourth-order valence-corrected chi connectivity index (χ4v) is 2.33. The van der Waals surface area contributed by atoms with Crippen LogP contribution < -0.4 is 5.32 Å². The van der Waals surface area contributed by atoms with Crippen LogP contribution in [0.4, 0.5) is 5.82 Å². The lowest BCUT2D eigenvalue weighted by Crippen LogP contribution is -2.43. The SMILES string of the molecule is CN1CC(Nc2nccc3occc23)CCC1=O. The normalized spacial score (nSPS) is 20.4. The number of hydrogen-bond donors (Lipinski definition) is 1. The second-order valence-electron chi connectivity index (χ2n) is 4.65. The first kappa shape index (κ1) is 11.1. The number of rotatable bonds is 2. The number of pyridine rings is 1. The van der Waals surface area contributed by atoms with E-state index in [1.54, 1.807) is 17.4 Å². The second-order valence-corrected chi connectivity index (χ2v) is 4.65. The molecule has 3 heterocycles. The lowest BCUT2D eigenvalue weighted by molar-refractivity contribution is -0.132. The minimum Gasteiger partial charge on any atom is -0.464 e. The van der Waals surface area contributed by atoms with Crippen LogP contribution in [0, 0.1) is 0 Å². The number of likely N-dealkylation sites (tertiary alicyclic amines) is 1. The predicted octanol–water partition coefficient (Wildman–Crippen LogP) is 1.86. The molecule has 2 aromatic rings. The van der Waals surface area contributed by atoms with Gasteiger partial charge in [-0.25, -0.2) is 4.98 Å². The van der Waals surface area contributed by atoms with Gasteiger partial charge < -0.3 is 14.6 Å². The van der Waals surface area contributed by atoms with E-state index in [9.17, 15) is 4.79 Å². The zero-order chi connectivity index (χ0) is 12.5. The van der Waals surface area contributed by atoms with E-state index in [1.165, 1.54) is 0 Å². The van der Waals surface area contributed by atoms with Crippen LogP contribution in [0.3, 0.4) is 0 Å². The Morgan fingerprint density at radius 1 is 1.50 bits per heavy atom. The molecule has 1 unspecified atom stereocenters. The number of piperidine rings is 1. The number of fused-ring (bicyclic) bond motifs is 1. The standard InChI is InChI=1S/C13H15N3O2/c1-16-8-9(2-3-12(16)17)15-13-10-5-7-18-11(10)4-6-14-13/h4-7,9H,2-3,8H2,1H3,(H,14,15). The van der Waals surface area contributed by atoms with Crippen molar-refractivity contribution in [3.8, 4) is 0 Å². The van der Waals surface area contributed by atoms with Gasteiger partial charge in [0.25, 0.3) is 0 Å². The van der Waals surface area contributed by atoms with Gasteiger partial charge in [0.15, 0.2) is 0 Å². The molecule has 5 nitrogen and oxygen atoms in total. The van der Waals surface area contributed by atoms with Gasteiger partial charge in [0.05, 0.1) is 11.6 Å². The Morgan fingerprint density at radius 3 is 3.22 bits per heavy atom.